The molecule has 3 nitrogen and oxygen atoms in total. The number of nitrogens with zero attached hydrogens (tertiary/aromatic N) is 1. The molecule has 24 heavy (non-hydrogen) atoms. The molecule has 4 heteroatoms. The van der Waals surface area contributed by atoms with Crippen LogP contribution >= 0.6 is 11.3 Å². The lowest BCUT2D eigenvalue weighted by Gasteiger charge is -2.10. The molecule has 1 aromatic carbocycles. The van der Waals surface area contributed by atoms with Gasteiger partial charge in [-0.25, -0.2) is 0 Å². The van der Waals surface area contributed by atoms with Crippen molar-refractivity contribution < 1.29 is 4.79 Å². The maximum absolute atomic E-state index is 12.7. The van der Waals surface area contributed by atoms with Crippen LogP contribution in [0.1, 0.15) is 35.9 Å². The molecule has 0 saturated heterocycles. The topological polar surface area (TPSA) is 34.0 Å². The summed E-state index contributed by atoms with van der Waals surface area (Å²) in [6.07, 6.45) is 7.30. The number of hydrogen-bond acceptors (Lipinski definition) is 2. The van der Waals surface area contributed by atoms with Gasteiger partial charge in [-0.1, -0.05) is 50.1 Å². The predicted octanol–water partition coefficient (Wildman–Crippen LogP) is 5.13. The van der Waals surface area contributed by atoms with Crippen LogP contribution in [0.3, 0.4) is 0 Å². The van der Waals surface area contributed by atoms with Crippen molar-refractivity contribution >= 4 is 17.2 Å². The molecule has 0 unspecified atom stereocenters. The van der Waals surface area contributed by atoms with E-state index >= 15 is 0 Å². The largest absolute Gasteiger partial charge is 0.351 e. The van der Waals surface area contributed by atoms with E-state index in [9.17, 15) is 4.79 Å². The van der Waals surface area contributed by atoms with E-state index in [1.807, 2.05) is 47.3 Å². The first-order valence-corrected chi connectivity index (χ1v) is 9.27. The van der Waals surface area contributed by atoms with E-state index in [1.54, 1.807) is 0 Å². The number of thiophene rings is 1. The average molecular weight is 338 g/mol. The van der Waals surface area contributed by atoms with Crippen LogP contribution in [0.4, 0.5) is 0 Å². The van der Waals surface area contributed by atoms with Crippen LogP contribution in [0.25, 0.3) is 16.8 Å². The zero-order chi connectivity index (χ0) is 16.8. The average Bonchev–Trinajstić information content (AvgIpc) is 3.28. The van der Waals surface area contributed by atoms with Crippen LogP contribution in [0.15, 0.2) is 60.2 Å². The molecule has 1 N–H and O–H groups in total. The Balaban J connectivity index is 1.93. The third-order valence-electron chi connectivity index (χ3n) is 3.98. The molecule has 124 valence electrons. The molecule has 0 radical (unpaired) electrons. The molecule has 0 bridgehead atoms. The first-order valence-electron chi connectivity index (χ1n) is 8.39. The number of hydrogen-bond donors (Lipinski definition) is 1. The summed E-state index contributed by atoms with van der Waals surface area (Å²) >= 11 is 1.51. The van der Waals surface area contributed by atoms with E-state index in [1.165, 1.54) is 11.3 Å². The maximum atomic E-state index is 12.7. The Morgan fingerprint density at radius 1 is 1.08 bits per heavy atom. The number of nitrogens with one attached hydrogen (secondary N) is 1. The highest BCUT2D eigenvalue weighted by Crippen LogP contribution is 2.34. The standard InChI is InChI=1S/C20H22N2OS/c1-2-3-7-12-21-20(23)19-18(22-13-8-9-14-22)17(15-24-19)16-10-5-4-6-11-16/h4-6,8-11,13-15H,2-3,7,12H2,1H3,(H,21,23). The normalized spacial score (nSPS) is 10.7. The van der Waals surface area contributed by atoms with E-state index in [4.69, 9.17) is 0 Å². The third-order valence-corrected chi connectivity index (χ3v) is 4.95. The highest BCUT2D eigenvalue weighted by molar-refractivity contribution is 7.13. The van der Waals surface area contributed by atoms with Gasteiger partial charge in [-0.15, -0.1) is 11.3 Å². The fraction of sp³-hybridized carbons (Fsp3) is 0.250. The summed E-state index contributed by atoms with van der Waals surface area (Å²) in [6, 6.07) is 14.2. The quantitative estimate of drug-likeness (QED) is 0.596. The Kier molecular flexibility index (Phi) is 5.49. The van der Waals surface area contributed by atoms with Crippen molar-refractivity contribution in [3.63, 3.8) is 0 Å². The number of benzene rings is 1. The fourth-order valence-corrected chi connectivity index (χ4v) is 3.72. The van der Waals surface area contributed by atoms with E-state index in [-0.39, 0.29) is 5.91 Å². The Bertz CT molecular complexity index is 775. The van der Waals surface area contributed by atoms with Gasteiger partial charge in [0.15, 0.2) is 0 Å². The van der Waals surface area contributed by atoms with Gasteiger partial charge in [-0.2, -0.15) is 0 Å². The summed E-state index contributed by atoms with van der Waals surface area (Å²) in [7, 11) is 0. The minimum atomic E-state index is 0.0157. The van der Waals surface area contributed by atoms with Gasteiger partial charge in [-0.05, 0) is 24.1 Å². The molecule has 2 aromatic heterocycles. The molecular formula is C20H22N2OS. The second kappa shape index (κ2) is 7.97. The van der Waals surface area contributed by atoms with Crippen LogP contribution < -0.4 is 5.32 Å². The maximum Gasteiger partial charge on any atom is 0.263 e. The van der Waals surface area contributed by atoms with E-state index < -0.39 is 0 Å². The highest BCUT2D eigenvalue weighted by Gasteiger charge is 2.19. The van der Waals surface area contributed by atoms with Crippen molar-refractivity contribution in [3.8, 4) is 16.8 Å². The summed E-state index contributed by atoms with van der Waals surface area (Å²) < 4.78 is 2.03. The highest BCUT2D eigenvalue weighted by atomic mass is 32.1. The Labute approximate surface area is 147 Å². The Hall–Kier alpha value is -2.33. The van der Waals surface area contributed by atoms with Crippen molar-refractivity contribution in [3.05, 3.63) is 65.1 Å². The predicted molar refractivity (Wildman–Crippen MR) is 101 cm³/mol. The third kappa shape index (κ3) is 3.60. The second-order valence-corrected chi connectivity index (χ2v) is 6.63. The Morgan fingerprint density at radius 2 is 1.83 bits per heavy atom. The lowest BCUT2D eigenvalue weighted by molar-refractivity contribution is 0.0957. The first kappa shape index (κ1) is 16.5. The van der Waals surface area contributed by atoms with Crippen molar-refractivity contribution in [2.45, 2.75) is 26.2 Å². The zero-order valence-corrected chi connectivity index (χ0v) is 14.7. The van der Waals surface area contributed by atoms with Crippen LogP contribution in [0.5, 0.6) is 0 Å². The van der Waals surface area contributed by atoms with Crippen LogP contribution in [0, 0.1) is 0 Å². The molecule has 3 aromatic rings. The summed E-state index contributed by atoms with van der Waals surface area (Å²) in [5, 5.41) is 5.13. The monoisotopic (exact) mass is 338 g/mol. The lowest BCUT2D eigenvalue weighted by Crippen LogP contribution is -2.24. The number of amides is 1. The van der Waals surface area contributed by atoms with E-state index in [0.717, 1.165) is 47.5 Å². The number of carbonyl (C=O) groups is 1. The van der Waals surface area contributed by atoms with Crippen molar-refractivity contribution in [1.82, 2.24) is 9.88 Å². The van der Waals surface area contributed by atoms with Crippen LogP contribution in [-0.4, -0.2) is 17.0 Å². The molecule has 0 atom stereocenters. The molecule has 3 rings (SSSR count). The fourth-order valence-electron chi connectivity index (χ4n) is 2.73. The summed E-state index contributed by atoms with van der Waals surface area (Å²) in [5.74, 6) is 0.0157. The Morgan fingerprint density at radius 3 is 2.54 bits per heavy atom. The van der Waals surface area contributed by atoms with Crippen LogP contribution in [0.2, 0.25) is 0 Å². The van der Waals surface area contributed by atoms with E-state index in [0.29, 0.717) is 0 Å². The van der Waals surface area contributed by atoms with E-state index in [2.05, 4.69) is 29.8 Å². The van der Waals surface area contributed by atoms with Gasteiger partial charge in [0.25, 0.3) is 5.91 Å². The molecule has 0 aliphatic heterocycles. The SMILES string of the molecule is CCCCCNC(=O)c1scc(-c2ccccc2)c1-n1cccc1. The molecule has 0 aliphatic rings. The molecule has 2 heterocycles. The molecule has 0 spiro atoms. The minimum Gasteiger partial charge on any atom is -0.351 e. The molecule has 0 saturated carbocycles. The van der Waals surface area contributed by atoms with Crippen molar-refractivity contribution in [2.24, 2.45) is 0 Å². The number of rotatable bonds is 7. The van der Waals surface area contributed by atoms with Gasteiger partial charge in [0.05, 0.1) is 5.69 Å². The first-order chi connectivity index (χ1) is 11.8. The van der Waals surface area contributed by atoms with Crippen molar-refractivity contribution in [2.75, 3.05) is 6.54 Å². The van der Waals surface area contributed by atoms with Crippen LogP contribution in [-0.2, 0) is 0 Å². The molecule has 0 aliphatic carbocycles. The van der Waals surface area contributed by atoms with Gasteiger partial charge in [0.2, 0.25) is 0 Å². The number of carbonyl (C=O) groups excluding carboxylic acids is 1. The van der Waals surface area contributed by atoms with Gasteiger partial charge in [-0.3, -0.25) is 4.79 Å². The summed E-state index contributed by atoms with van der Waals surface area (Å²) in [6.45, 7) is 2.90. The number of unbranched alkanes of at least 4 members (excludes halogenated alkanes) is 2. The number of aromatic nitrogens is 1. The van der Waals surface area contributed by atoms with Gasteiger partial charge >= 0.3 is 0 Å². The van der Waals surface area contributed by atoms with Gasteiger partial charge < -0.3 is 9.88 Å². The summed E-state index contributed by atoms with van der Waals surface area (Å²) in [4.78, 5) is 13.4. The van der Waals surface area contributed by atoms with Crippen molar-refractivity contribution in [1.29, 1.82) is 0 Å². The molecule has 0 fully saturated rings. The molecular weight excluding hydrogens is 316 g/mol. The molecule has 1 amide bonds. The zero-order valence-electron chi connectivity index (χ0n) is 13.9. The smallest absolute Gasteiger partial charge is 0.263 e. The lowest BCUT2D eigenvalue weighted by atomic mass is 10.1. The second-order valence-electron chi connectivity index (χ2n) is 5.75. The summed E-state index contributed by atoms with van der Waals surface area (Å²) in [5.41, 5.74) is 3.18. The van der Waals surface area contributed by atoms with Gasteiger partial charge in [0.1, 0.15) is 4.88 Å². The van der Waals surface area contributed by atoms with Gasteiger partial charge in [0, 0.05) is 29.9 Å². The minimum absolute atomic E-state index is 0.0157.